The molecular weight excluding hydrogens is 284 g/mol. The molecule has 1 amide bonds. The van der Waals surface area contributed by atoms with Crippen LogP contribution in [0.2, 0.25) is 0 Å². The van der Waals surface area contributed by atoms with Gasteiger partial charge in [0.2, 0.25) is 0 Å². The first-order chi connectivity index (χ1) is 10.4. The number of aromatic nitrogens is 3. The molecule has 118 valence electrons. The van der Waals surface area contributed by atoms with Crippen molar-refractivity contribution >= 4 is 11.9 Å². The van der Waals surface area contributed by atoms with Crippen LogP contribution in [-0.4, -0.2) is 32.8 Å². The highest BCUT2D eigenvalue weighted by atomic mass is 16.5. The van der Waals surface area contributed by atoms with Crippen LogP contribution in [0.5, 0.6) is 0 Å². The molecule has 7 nitrogen and oxygen atoms in total. The third kappa shape index (κ3) is 3.19. The lowest BCUT2D eigenvalue weighted by Crippen LogP contribution is -2.26. The van der Waals surface area contributed by atoms with E-state index < -0.39 is 5.97 Å². The Labute approximate surface area is 128 Å². The van der Waals surface area contributed by atoms with Gasteiger partial charge < -0.3 is 14.6 Å². The minimum Gasteiger partial charge on any atom is -0.461 e. The molecule has 2 aromatic rings. The molecule has 22 heavy (non-hydrogen) atoms. The fraction of sp³-hybridized carbons (Fsp3) is 0.400. The number of esters is 1. The molecule has 0 bridgehead atoms. The Hall–Kier alpha value is -2.57. The van der Waals surface area contributed by atoms with E-state index >= 15 is 0 Å². The number of ether oxygens (including phenoxy) is 1. The zero-order valence-electron chi connectivity index (χ0n) is 13.2. The Morgan fingerprint density at radius 1 is 1.32 bits per heavy atom. The lowest BCUT2D eigenvalue weighted by Gasteiger charge is -2.07. The average molecular weight is 304 g/mol. The fourth-order valence-electron chi connectivity index (χ4n) is 2.09. The lowest BCUT2D eigenvalue weighted by atomic mass is 10.3. The van der Waals surface area contributed by atoms with Gasteiger partial charge in [0.1, 0.15) is 5.69 Å². The van der Waals surface area contributed by atoms with Gasteiger partial charge in [-0.3, -0.25) is 9.48 Å². The highest BCUT2D eigenvalue weighted by Gasteiger charge is 2.18. The predicted molar refractivity (Wildman–Crippen MR) is 80.5 cm³/mol. The number of rotatable bonds is 5. The molecule has 1 N–H and O–H groups in total. The zero-order valence-corrected chi connectivity index (χ0v) is 13.2. The van der Waals surface area contributed by atoms with Crippen molar-refractivity contribution in [3.8, 4) is 0 Å². The first kappa shape index (κ1) is 15.8. The third-order valence-electron chi connectivity index (χ3n) is 3.50. The van der Waals surface area contributed by atoms with Crippen LogP contribution in [0.25, 0.3) is 0 Å². The van der Waals surface area contributed by atoms with E-state index in [1.54, 1.807) is 14.0 Å². The third-order valence-corrected chi connectivity index (χ3v) is 3.50. The van der Waals surface area contributed by atoms with Crippen molar-refractivity contribution in [2.24, 2.45) is 14.1 Å². The molecular formula is C15H20N4O3. The number of carbonyl (C=O) groups excluding carboxylic acids is 2. The molecule has 0 radical (unpaired) electrons. The van der Waals surface area contributed by atoms with Gasteiger partial charge >= 0.3 is 5.97 Å². The predicted octanol–water partition coefficient (Wildman–Crippen LogP) is 1.17. The normalized spacial score (nSPS) is 10.5. The van der Waals surface area contributed by atoms with Gasteiger partial charge in [0.25, 0.3) is 5.91 Å². The smallest absolute Gasteiger partial charge is 0.358 e. The van der Waals surface area contributed by atoms with Crippen LogP contribution in [0.1, 0.15) is 39.3 Å². The van der Waals surface area contributed by atoms with Crippen LogP contribution in [0.3, 0.4) is 0 Å². The Morgan fingerprint density at radius 2 is 2.05 bits per heavy atom. The molecule has 2 aromatic heterocycles. The molecule has 0 saturated heterocycles. The summed E-state index contributed by atoms with van der Waals surface area (Å²) in [5, 5.41) is 6.82. The first-order valence-corrected chi connectivity index (χ1v) is 7.04. The van der Waals surface area contributed by atoms with Gasteiger partial charge in [-0.2, -0.15) is 5.10 Å². The van der Waals surface area contributed by atoms with Gasteiger partial charge in [0.15, 0.2) is 5.69 Å². The molecule has 0 aliphatic carbocycles. The highest BCUT2D eigenvalue weighted by Crippen LogP contribution is 2.08. The molecule has 0 spiro atoms. The summed E-state index contributed by atoms with van der Waals surface area (Å²) < 4.78 is 8.25. The maximum Gasteiger partial charge on any atom is 0.358 e. The van der Waals surface area contributed by atoms with Crippen molar-refractivity contribution in [3.05, 3.63) is 41.0 Å². The molecule has 7 heteroatoms. The summed E-state index contributed by atoms with van der Waals surface area (Å²) in [6, 6.07) is 5.39. The summed E-state index contributed by atoms with van der Waals surface area (Å²) in [6.45, 7) is 4.39. The summed E-state index contributed by atoms with van der Waals surface area (Å²) in [7, 11) is 3.56. The van der Waals surface area contributed by atoms with Gasteiger partial charge in [-0.15, -0.1) is 0 Å². The van der Waals surface area contributed by atoms with Crippen LogP contribution in [0.4, 0.5) is 0 Å². The number of aryl methyl sites for hydroxylation is 2. The monoisotopic (exact) mass is 304 g/mol. The molecule has 0 atom stereocenters. The number of nitrogens with one attached hydrogen (secondary N) is 1. The number of carbonyl (C=O) groups is 2. The molecule has 0 aliphatic rings. The van der Waals surface area contributed by atoms with E-state index in [1.807, 2.05) is 30.7 Å². The second kappa shape index (κ2) is 6.46. The van der Waals surface area contributed by atoms with Crippen LogP contribution in [0, 0.1) is 6.92 Å². The second-order valence-corrected chi connectivity index (χ2v) is 4.97. The van der Waals surface area contributed by atoms with Crippen LogP contribution < -0.4 is 5.32 Å². The number of nitrogens with zero attached hydrogens (tertiary/aromatic N) is 3. The van der Waals surface area contributed by atoms with Crippen molar-refractivity contribution in [1.29, 1.82) is 0 Å². The number of hydrogen-bond donors (Lipinski definition) is 1. The Kier molecular flexibility index (Phi) is 4.65. The van der Waals surface area contributed by atoms with Crippen molar-refractivity contribution in [2.45, 2.75) is 20.4 Å². The Bertz CT molecular complexity index is 700. The molecule has 0 aliphatic heterocycles. The summed E-state index contributed by atoms with van der Waals surface area (Å²) >= 11 is 0. The second-order valence-electron chi connectivity index (χ2n) is 4.97. The Balaban J connectivity index is 2.06. The molecule has 2 heterocycles. The van der Waals surface area contributed by atoms with E-state index in [4.69, 9.17) is 4.74 Å². The highest BCUT2D eigenvalue weighted by molar-refractivity contribution is 5.96. The summed E-state index contributed by atoms with van der Waals surface area (Å²) in [5.74, 6) is -0.820. The Morgan fingerprint density at radius 3 is 2.64 bits per heavy atom. The first-order valence-electron chi connectivity index (χ1n) is 7.04. The number of amides is 1. The molecule has 0 unspecified atom stereocenters. The standard InChI is InChI=1S/C15H20N4O3/c1-5-22-15(21)12-8-13(19(4)17-12)14(20)16-9-11-7-6-10(2)18(11)3/h6-8H,5,9H2,1-4H3,(H,16,20). The summed E-state index contributed by atoms with van der Waals surface area (Å²) in [4.78, 5) is 23.8. The van der Waals surface area contributed by atoms with Crippen LogP contribution in [-0.2, 0) is 25.4 Å². The van der Waals surface area contributed by atoms with E-state index in [9.17, 15) is 9.59 Å². The maximum atomic E-state index is 12.2. The van der Waals surface area contributed by atoms with Gasteiger partial charge in [-0.05, 0) is 26.0 Å². The van der Waals surface area contributed by atoms with Crippen LogP contribution >= 0.6 is 0 Å². The molecule has 0 saturated carbocycles. The van der Waals surface area contributed by atoms with E-state index in [-0.39, 0.29) is 18.2 Å². The fourth-order valence-corrected chi connectivity index (χ4v) is 2.09. The van der Waals surface area contributed by atoms with Crippen molar-refractivity contribution in [3.63, 3.8) is 0 Å². The SMILES string of the molecule is CCOC(=O)c1cc(C(=O)NCc2ccc(C)n2C)n(C)n1. The average Bonchev–Trinajstić information content (AvgIpc) is 3.02. The molecule has 0 fully saturated rings. The number of hydrogen-bond acceptors (Lipinski definition) is 4. The van der Waals surface area contributed by atoms with E-state index in [0.29, 0.717) is 12.2 Å². The van der Waals surface area contributed by atoms with Gasteiger partial charge in [-0.1, -0.05) is 0 Å². The van der Waals surface area contributed by atoms with E-state index in [1.165, 1.54) is 10.7 Å². The largest absolute Gasteiger partial charge is 0.461 e. The van der Waals surface area contributed by atoms with Gasteiger partial charge in [0.05, 0.1) is 13.2 Å². The minimum atomic E-state index is -0.532. The quantitative estimate of drug-likeness (QED) is 0.841. The lowest BCUT2D eigenvalue weighted by molar-refractivity contribution is 0.0518. The zero-order chi connectivity index (χ0) is 16.3. The molecule has 2 rings (SSSR count). The van der Waals surface area contributed by atoms with Crippen LogP contribution in [0.15, 0.2) is 18.2 Å². The van der Waals surface area contributed by atoms with E-state index in [2.05, 4.69) is 10.4 Å². The summed E-state index contributed by atoms with van der Waals surface area (Å²) in [6.07, 6.45) is 0. The van der Waals surface area contributed by atoms with Gasteiger partial charge in [-0.25, -0.2) is 4.79 Å². The maximum absolute atomic E-state index is 12.2. The minimum absolute atomic E-state index is 0.129. The van der Waals surface area contributed by atoms with E-state index in [0.717, 1.165) is 11.4 Å². The van der Waals surface area contributed by atoms with Gasteiger partial charge in [0, 0.05) is 31.5 Å². The van der Waals surface area contributed by atoms with Crippen molar-refractivity contribution in [1.82, 2.24) is 19.7 Å². The van der Waals surface area contributed by atoms with Crippen molar-refractivity contribution in [2.75, 3.05) is 6.61 Å². The summed E-state index contributed by atoms with van der Waals surface area (Å²) in [5.41, 5.74) is 2.56. The van der Waals surface area contributed by atoms with Crippen molar-refractivity contribution < 1.29 is 14.3 Å². The topological polar surface area (TPSA) is 78.2 Å². The molecule has 0 aromatic carbocycles.